The second kappa shape index (κ2) is 9.25. The smallest absolute Gasteiger partial charge is 0.225 e. The molecule has 3 atom stereocenters. The van der Waals surface area contributed by atoms with Crippen LogP contribution in [0.2, 0.25) is 0 Å². The van der Waals surface area contributed by atoms with E-state index in [1.165, 1.54) is 25.7 Å². The first-order chi connectivity index (χ1) is 11.2. The molecular weight excluding hydrogens is 415 g/mol. The Morgan fingerprint density at radius 1 is 1.17 bits per heavy atom. The fourth-order valence-corrected chi connectivity index (χ4v) is 3.87. The third kappa shape index (κ3) is 5.23. The summed E-state index contributed by atoms with van der Waals surface area (Å²) in [6, 6.07) is 0.920. The molecular formula is C18H33IN4O. The first kappa shape index (κ1) is 19.8. The van der Waals surface area contributed by atoms with Gasteiger partial charge in [0.2, 0.25) is 5.91 Å². The topological polar surface area (TPSA) is 56.7 Å². The van der Waals surface area contributed by atoms with Crippen LogP contribution in [0, 0.1) is 11.8 Å². The lowest BCUT2D eigenvalue weighted by atomic mass is 9.88. The lowest BCUT2D eigenvalue weighted by Gasteiger charge is -2.26. The molecule has 1 heterocycles. The molecule has 0 radical (unpaired) electrons. The first-order valence-electron chi connectivity index (χ1n) is 9.53. The quantitative estimate of drug-likeness (QED) is 0.395. The maximum atomic E-state index is 12.6. The van der Waals surface area contributed by atoms with Crippen LogP contribution in [0.1, 0.15) is 58.8 Å². The molecule has 1 aliphatic heterocycles. The molecule has 1 amide bonds. The van der Waals surface area contributed by atoms with Crippen molar-refractivity contribution < 1.29 is 4.79 Å². The van der Waals surface area contributed by atoms with E-state index in [2.05, 4.69) is 34.4 Å². The molecule has 0 aromatic heterocycles. The highest BCUT2D eigenvalue weighted by molar-refractivity contribution is 14.0. The van der Waals surface area contributed by atoms with E-state index >= 15 is 0 Å². The van der Waals surface area contributed by atoms with Gasteiger partial charge in [0.25, 0.3) is 0 Å². The Labute approximate surface area is 163 Å². The highest BCUT2D eigenvalue weighted by atomic mass is 127. The molecule has 0 bridgehead atoms. The Hall–Kier alpha value is -0.530. The number of carbonyl (C=O) groups excluding carboxylic acids is 1. The molecule has 0 spiro atoms. The standard InChI is InChI=1S/C18H32N4O.HI/c1-3-19-18(21-16-11-13(16)2)20-15-9-10-22(12-15)17(23)14-7-5-4-6-8-14;/h13-16H,3-12H2,1-2H3,(H2,19,20,21);1H. The average Bonchev–Trinajstić information content (AvgIpc) is 3.06. The zero-order chi connectivity index (χ0) is 16.2. The number of guanidine groups is 1. The zero-order valence-corrected chi connectivity index (χ0v) is 17.4. The number of nitrogens with one attached hydrogen (secondary N) is 2. The fourth-order valence-electron chi connectivity index (χ4n) is 3.87. The van der Waals surface area contributed by atoms with Gasteiger partial charge in [-0.3, -0.25) is 9.79 Å². The molecule has 5 nitrogen and oxygen atoms in total. The van der Waals surface area contributed by atoms with Crippen LogP contribution in [0.5, 0.6) is 0 Å². The summed E-state index contributed by atoms with van der Waals surface area (Å²) in [7, 11) is 0. The van der Waals surface area contributed by atoms with Gasteiger partial charge in [-0.05, 0) is 38.5 Å². The fraction of sp³-hybridized carbons (Fsp3) is 0.889. The number of rotatable bonds is 4. The van der Waals surface area contributed by atoms with E-state index in [1.807, 2.05) is 0 Å². The minimum absolute atomic E-state index is 0. The first-order valence-corrected chi connectivity index (χ1v) is 9.53. The molecule has 1 saturated heterocycles. The Kier molecular flexibility index (Phi) is 7.62. The van der Waals surface area contributed by atoms with Crippen molar-refractivity contribution in [1.29, 1.82) is 0 Å². The molecule has 2 saturated carbocycles. The van der Waals surface area contributed by atoms with Gasteiger partial charge in [0, 0.05) is 37.6 Å². The number of amides is 1. The summed E-state index contributed by atoms with van der Waals surface area (Å²) in [5, 5.41) is 7.05. The van der Waals surface area contributed by atoms with Gasteiger partial charge < -0.3 is 15.5 Å². The third-order valence-electron chi connectivity index (χ3n) is 5.54. The normalized spacial score (nSPS) is 30.7. The second-order valence-corrected chi connectivity index (χ2v) is 7.54. The van der Waals surface area contributed by atoms with Gasteiger partial charge in [0.1, 0.15) is 0 Å². The number of carbonyl (C=O) groups is 1. The summed E-state index contributed by atoms with van der Waals surface area (Å²) in [6.45, 7) is 6.84. The maximum Gasteiger partial charge on any atom is 0.225 e. The van der Waals surface area contributed by atoms with E-state index in [0.29, 0.717) is 18.0 Å². The highest BCUT2D eigenvalue weighted by Crippen LogP contribution is 2.29. The summed E-state index contributed by atoms with van der Waals surface area (Å²) in [5.74, 6) is 2.37. The number of likely N-dealkylation sites (tertiary alicyclic amines) is 1. The Balaban J connectivity index is 0.00000208. The minimum Gasteiger partial charge on any atom is -0.353 e. The van der Waals surface area contributed by atoms with Gasteiger partial charge in [-0.2, -0.15) is 0 Å². The van der Waals surface area contributed by atoms with E-state index in [9.17, 15) is 4.79 Å². The summed E-state index contributed by atoms with van der Waals surface area (Å²) < 4.78 is 0. The van der Waals surface area contributed by atoms with Crippen LogP contribution in [0.15, 0.2) is 4.99 Å². The van der Waals surface area contributed by atoms with Crippen LogP contribution in [0.25, 0.3) is 0 Å². The van der Waals surface area contributed by atoms with Gasteiger partial charge in [-0.1, -0.05) is 26.2 Å². The third-order valence-corrected chi connectivity index (χ3v) is 5.54. The van der Waals surface area contributed by atoms with Crippen molar-refractivity contribution in [3.05, 3.63) is 0 Å². The molecule has 2 N–H and O–H groups in total. The van der Waals surface area contributed by atoms with Crippen LogP contribution in [0.4, 0.5) is 0 Å². The molecule has 0 aromatic rings. The number of hydrogen-bond acceptors (Lipinski definition) is 2. The molecule has 138 valence electrons. The zero-order valence-electron chi connectivity index (χ0n) is 15.1. The number of halogens is 1. The summed E-state index contributed by atoms with van der Waals surface area (Å²) >= 11 is 0. The van der Waals surface area contributed by atoms with Crippen molar-refractivity contribution in [2.75, 3.05) is 19.6 Å². The minimum atomic E-state index is 0. The van der Waals surface area contributed by atoms with Crippen LogP contribution in [-0.4, -0.2) is 48.5 Å². The van der Waals surface area contributed by atoms with Crippen molar-refractivity contribution in [3.63, 3.8) is 0 Å². The van der Waals surface area contributed by atoms with Gasteiger partial charge in [0.05, 0.1) is 0 Å². The van der Waals surface area contributed by atoms with Crippen molar-refractivity contribution >= 4 is 35.8 Å². The Morgan fingerprint density at radius 3 is 2.50 bits per heavy atom. The van der Waals surface area contributed by atoms with Crippen molar-refractivity contribution in [2.24, 2.45) is 16.8 Å². The van der Waals surface area contributed by atoms with Crippen LogP contribution < -0.4 is 10.6 Å². The molecule has 3 unspecified atom stereocenters. The molecule has 3 aliphatic rings. The second-order valence-electron chi connectivity index (χ2n) is 7.54. The maximum absolute atomic E-state index is 12.6. The molecule has 3 rings (SSSR count). The Bertz CT molecular complexity index is 450. The van der Waals surface area contributed by atoms with Gasteiger partial charge >= 0.3 is 0 Å². The predicted octanol–water partition coefficient (Wildman–Crippen LogP) is 2.75. The predicted molar refractivity (Wildman–Crippen MR) is 109 cm³/mol. The van der Waals surface area contributed by atoms with Crippen molar-refractivity contribution in [3.8, 4) is 0 Å². The van der Waals surface area contributed by atoms with E-state index < -0.39 is 0 Å². The lowest BCUT2D eigenvalue weighted by Crippen LogP contribution is -2.46. The number of nitrogens with zero attached hydrogens (tertiary/aromatic N) is 2. The van der Waals surface area contributed by atoms with Gasteiger partial charge in [0.15, 0.2) is 5.96 Å². The highest BCUT2D eigenvalue weighted by Gasteiger charge is 2.35. The average molecular weight is 448 g/mol. The molecule has 3 fully saturated rings. The molecule has 24 heavy (non-hydrogen) atoms. The molecule has 6 heteroatoms. The van der Waals surface area contributed by atoms with Crippen molar-refractivity contribution in [2.45, 2.75) is 70.9 Å². The Morgan fingerprint density at radius 2 is 1.88 bits per heavy atom. The van der Waals surface area contributed by atoms with Crippen LogP contribution >= 0.6 is 24.0 Å². The van der Waals surface area contributed by atoms with E-state index in [0.717, 1.165) is 50.8 Å². The molecule has 0 aromatic carbocycles. The lowest BCUT2D eigenvalue weighted by molar-refractivity contribution is -0.135. The number of hydrogen-bond donors (Lipinski definition) is 2. The summed E-state index contributed by atoms with van der Waals surface area (Å²) in [6.07, 6.45) is 8.21. The van der Waals surface area contributed by atoms with E-state index in [4.69, 9.17) is 0 Å². The SMILES string of the molecule is CCN=C(NC1CCN(C(=O)C2CCCCC2)C1)NC1CC1C.I. The van der Waals surface area contributed by atoms with Gasteiger partial charge in [-0.15, -0.1) is 24.0 Å². The van der Waals surface area contributed by atoms with E-state index in [-0.39, 0.29) is 29.9 Å². The monoisotopic (exact) mass is 448 g/mol. The van der Waals surface area contributed by atoms with E-state index in [1.54, 1.807) is 0 Å². The number of aliphatic imine (C=N–C) groups is 1. The summed E-state index contributed by atoms with van der Waals surface area (Å²) in [4.78, 5) is 19.3. The molecule has 2 aliphatic carbocycles. The van der Waals surface area contributed by atoms with Crippen LogP contribution in [-0.2, 0) is 4.79 Å². The van der Waals surface area contributed by atoms with Crippen molar-refractivity contribution in [1.82, 2.24) is 15.5 Å². The van der Waals surface area contributed by atoms with Gasteiger partial charge in [-0.25, -0.2) is 0 Å². The van der Waals surface area contributed by atoms with Crippen LogP contribution in [0.3, 0.4) is 0 Å². The largest absolute Gasteiger partial charge is 0.353 e. The summed E-state index contributed by atoms with van der Waals surface area (Å²) in [5.41, 5.74) is 0.